The molecule has 0 saturated heterocycles. The van der Waals surface area contributed by atoms with E-state index < -0.39 is 0 Å². The minimum atomic E-state index is 0.804. The van der Waals surface area contributed by atoms with E-state index in [2.05, 4.69) is 40.4 Å². The van der Waals surface area contributed by atoms with E-state index in [0.29, 0.717) is 0 Å². The normalized spacial score (nSPS) is 25.3. The van der Waals surface area contributed by atoms with Gasteiger partial charge in [-0.3, -0.25) is 0 Å². The van der Waals surface area contributed by atoms with Crippen LogP contribution in [0.2, 0.25) is 0 Å². The van der Waals surface area contributed by atoms with Gasteiger partial charge in [-0.05, 0) is 68.0 Å². The van der Waals surface area contributed by atoms with Gasteiger partial charge in [0.15, 0.2) is 0 Å². The molecule has 20 heavy (non-hydrogen) atoms. The van der Waals surface area contributed by atoms with Crippen molar-refractivity contribution in [2.75, 3.05) is 20.2 Å². The SMILES string of the molecule is CNCC1CCCCC1Cc1cc(Br)cc2c1OCC2. The molecule has 1 aromatic carbocycles. The zero-order valence-corrected chi connectivity index (χ0v) is 13.8. The molecule has 2 atom stereocenters. The highest BCUT2D eigenvalue weighted by Crippen LogP contribution is 2.38. The summed E-state index contributed by atoms with van der Waals surface area (Å²) in [4.78, 5) is 0. The van der Waals surface area contributed by atoms with E-state index in [1.54, 1.807) is 0 Å². The number of rotatable bonds is 4. The van der Waals surface area contributed by atoms with Crippen molar-refractivity contribution in [3.05, 3.63) is 27.7 Å². The second-order valence-corrected chi connectivity index (χ2v) is 7.13. The molecule has 1 fully saturated rings. The smallest absolute Gasteiger partial charge is 0.125 e. The first-order chi connectivity index (χ1) is 9.78. The highest BCUT2D eigenvalue weighted by atomic mass is 79.9. The van der Waals surface area contributed by atoms with E-state index in [-0.39, 0.29) is 0 Å². The molecule has 2 nitrogen and oxygen atoms in total. The average Bonchev–Trinajstić information content (AvgIpc) is 2.89. The maximum absolute atomic E-state index is 5.88. The number of fused-ring (bicyclic) bond motifs is 1. The van der Waals surface area contributed by atoms with Crippen molar-refractivity contribution >= 4 is 15.9 Å². The molecule has 1 saturated carbocycles. The van der Waals surface area contributed by atoms with Gasteiger partial charge in [-0.25, -0.2) is 0 Å². The summed E-state index contributed by atoms with van der Waals surface area (Å²) < 4.78 is 7.09. The molecule has 0 aromatic heterocycles. The van der Waals surface area contributed by atoms with Crippen LogP contribution in [0.15, 0.2) is 16.6 Å². The zero-order valence-electron chi connectivity index (χ0n) is 12.3. The fourth-order valence-corrected chi connectivity index (χ4v) is 4.42. The molecule has 2 unspecified atom stereocenters. The summed E-state index contributed by atoms with van der Waals surface area (Å²) in [5.41, 5.74) is 2.80. The van der Waals surface area contributed by atoms with E-state index in [4.69, 9.17) is 4.74 Å². The summed E-state index contributed by atoms with van der Waals surface area (Å²) in [7, 11) is 2.07. The second kappa shape index (κ2) is 6.48. The average molecular weight is 338 g/mol. The molecule has 1 aliphatic heterocycles. The van der Waals surface area contributed by atoms with Crippen molar-refractivity contribution in [2.45, 2.75) is 38.5 Å². The summed E-state index contributed by atoms with van der Waals surface area (Å²) in [6.45, 7) is 2.01. The van der Waals surface area contributed by atoms with Crippen molar-refractivity contribution in [3.63, 3.8) is 0 Å². The highest BCUT2D eigenvalue weighted by Gasteiger charge is 2.27. The molecule has 1 aromatic rings. The van der Waals surface area contributed by atoms with Gasteiger partial charge in [0.25, 0.3) is 0 Å². The molecule has 3 heteroatoms. The lowest BCUT2D eigenvalue weighted by Gasteiger charge is -2.32. The number of halogens is 1. The monoisotopic (exact) mass is 337 g/mol. The summed E-state index contributed by atoms with van der Waals surface area (Å²) in [5.74, 6) is 2.81. The lowest BCUT2D eigenvalue weighted by molar-refractivity contribution is 0.230. The summed E-state index contributed by atoms with van der Waals surface area (Å²) in [6, 6.07) is 4.49. The predicted molar refractivity (Wildman–Crippen MR) is 86.4 cm³/mol. The summed E-state index contributed by atoms with van der Waals surface area (Å²) >= 11 is 3.66. The van der Waals surface area contributed by atoms with E-state index in [0.717, 1.165) is 31.4 Å². The molecular weight excluding hydrogens is 314 g/mol. The van der Waals surface area contributed by atoms with Gasteiger partial charge in [-0.15, -0.1) is 0 Å². The Balaban J connectivity index is 1.79. The van der Waals surface area contributed by atoms with E-state index in [1.807, 2.05) is 0 Å². The third kappa shape index (κ3) is 3.04. The topological polar surface area (TPSA) is 21.3 Å². The molecule has 110 valence electrons. The largest absolute Gasteiger partial charge is 0.493 e. The number of hydrogen-bond donors (Lipinski definition) is 1. The van der Waals surface area contributed by atoms with E-state index in [9.17, 15) is 0 Å². The maximum atomic E-state index is 5.88. The van der Waals surface area contributed by atoms with Crippen LogP contribution in [0.3, 0.4) is 0 Å². The molecule has 1 heterocycles. The van der Waals surface area contributed by atoms with Crippen LogP contribution in [-0.4, -0.2) is 20.2 Å². The van der Waals surface area contributed by atoms with Gasteiger partial charge < -0.3 is 10.1 Å². The number of nitrogens with one attached hydrogen (secondary N) is 1. The predicted octanol–water partition coefficient (Wildman–Crippen LogP) is 3.95. The van der Waals surface area contributed by atoms with Crippen LogP contribution in [0, 0.1) is 11.8 Å². The molecule has 0 spiro atoms. The minimum Gasteiger partial charge on any atom is -0.493 e. The molecule has 0 bridgehead atoms. The zero-order chi connectivity index (χ0) is 13.9. The van der Waals surface area contributed by atoms with Gasteiger partial charge >= 0.3 is 0 Å². The van der Waals surface area contributed by atoms with Crippen molar-refractivity contribution in [1.29, 1.82) is 0 Å². The Kier molecular flexibility index (Phi) is 4.67. The van der Waals surface area contributed by atoms with Crippen LogP contribution in [0.5, 0.6) is 5.75 Å². The van der Waals surface area contributed by atoms with Gasteiger partial charge in [0.1, 0.15) is 5.75 Å². The first kappa shape index (κ1) is 14.4. The van der Waals surface area contributed by atoms with Gasteiger partial charge in [-0.1, -0.05) is 28.8 Å². The van der Waals surface area contributed by atoms with Gasteiger partial charge in [0.2, 0.25) is 0 Å². The van der Waals surface area contributed by atoms with Crippen LogP contribution in [0.25, 0.3) is 0 Å². The molecule has 1 aliphatic carbocycles. The Hall–Kier alpha value is -0.540. The standard InChI is InChI=1S/C17H24BrNO/c1-19-11-14-5-3-2-4-12(14)8-15-10-16(18)9-13-6-7-20-17(13)15/h9-10,12,14,19H,2-8,11H2,1H3. The first-order valence-electron chi connectivity index (χ1n) is 7.86. The Morgan fingerprint density at radius 1 is 1.25 bits per heavy atom. The van der Waals surface area contributed by atoms with Crippen molar-refractivity contribution < 1.29 is 4.74 Å². The van der Waals surface area contributed by atoms with Crippen LogP contribution < -0.4 is 10.1 Å². The van der Waals surface area contributed by atoms with Crippen molar-refractivity contribution in [2.24, 2.45) is 11.8 Å². The van der Waals surface area contributed by atoms with Gasteiger partial charge in [-0.2, -0.15) is 0 Å². The Morgan fingerprint density at radius 2 is 2.05 bits per heavy atom. The molecule has 0 radical (unpaired) electrons. The Morgan fingerprint density at radius 3 is 2.85 bits per heavy atom. The van der Waals surface area contributed by atoms with Crippen LogP contribution in [0.1, 0.15) is 36.8 Å². The number of hydrogen-bond acceptors (Lipinski definition) is 2. The van der Waals surface area contributed by atoms with Gasteiger partial charge in [0.05, 0.1) is 6.61 Å². The van der Waals surface area contributed by atoms with Crippen molar-refractivity contribution in [1.82, 2.24) is 5.32 Å². The van der Waals surface area contributed by atoms with Crippen LogP contribution in [-0.2, 0) is 12.8 Å². The number of benzene rings is 1. The summed E-state index contributed by atoms with van der Waals surface area (Å²) in [5, 5.41) is 3.38. The van der Waals surface area contributed by atoms with Crippen LogP contribution in [0.4, 0.5) is 0 Å². The third-order valence-corrected chi connectivity index (χ3v) is 5.30. The highest BCUT2D eigenvalue weighted by molar-refractivity contribution is 9.10. The van der Waals surface area contributed by atoms with E-state index >= 15 is 0 Å². The van der Waals surface area contributed by atoms with Crippen LogP contribution >= 0.6 is 15.9 Å². The Bertz CT molecular complexity index is 472. The lowest BCUT2D eigenvalue weighted by atomic mass is 9.76. The fourth-order valence-electron chi connectivity index (χ4n) is 3.86. The number of ether oxygens (including phenoxy) is 1. The quantitative estimate of drug-likeness (QED) is 0.897. The third-order valence-electron chi connectivity index (χ3n) is 4.84. The van der Waals surface area contributed by atoms with Gasteiger partial charge in [0, 0.05) is 10.9 Å². The van der Waals surface area contributed by atoms with Crippen molar-refractivity contribution in [3.8, 4) is 5.75 Å². The molecule has 0 amide bonds. The molecule has 1 N–H and O–H groups in total. The summed E-state index contributed by atoms with van der Waals surface area (Å²) in [6.07, 6.45) is 7.77. The molecular formula is C17H24BrNO. The second-order valence-electron chi connectivity index (χ2n) is 6.22. The maximum Gasteiger partial charge on any atom is 0.125 e. The fraction of sp³-hybridized carbons (Fsp3) is 0.647. The lowest BCUT2D eigenvalue weighted by Crippen LogP contribution is -2.30. The Labute approximate surface area is 130 Å². The molecule has 3 rings (SSSR count). The van der Waals surface area contributed by atoms with E-state index in [1.165, 1.54) is 53.5 Å². The minimum absolute atomic E-state index is 0.804. The molecule has 2 aliphatic rings. The first-order valence-corrected chi connectivity index (χ1v) is 8.66.